The molecule has 1 heterocycles. The number of hydrogen-bond acceptors (Lipinski definition) is 3. The Bertz CT molecular complexity index is 858. The van der Waals surface area contributed by atoms with Crippen LogP contribution in [0.2, 0.25) is 5.02 Å². The summed E-state index contributed by atoms with van der Waals surface area (Å²) < 4.78 is 1.96. The number of nitrogens with two attached hydrogens (primary N) is 1. The highest BCUT2D eigenvalue weighted by Gasteiger charge is 2.12. The van der Waals surface area contributed by atoms with E-state index in [2.05, 4.69) is 11.1 Å². The van der Waals surface area contributed by atoms with Gasteiger partial charge in [-0.2, -0.15) is 5.26 Å². The first-order chi connectivity index (χ1) is 9.60. The van der Waals surface area contributed by atoms with Gasteiger partial charge in [0.05, 0.1) is 33.4 Å². The van der Waals surface area contributed by atoms with E-state index in [0.29, 0.717) is 16.3 Å². The number of fused-ring (bicyclic) bond motifs is 1. The van der Waals surface area contributed by atoms with Crippen LogP contribution in [0.5, 0.6) is 0 Å². The molecule has 0 saturated carbocycles. The van der Waals surface area contributed by atoms with Gasteiger partial charge in [-0.1, -0.05) is 11.6 Å². The topological polar surface area (TPSA) is 67.6 Å². The Kier molecular flexibility index (Phi) is 2.85. The molecule has 3 rings (SSSR count). The number of anilines is 1. The number of nitrogen functional groups attached to an aromatic ring is 1. The second-order valence-corrected chi connectivity index (χ2v) is 4.93. The molecule has 0 atom stereocenters. The molecule has 3 aromatic rings. The summed E-state index contributed by atoms with van der Waals surface area (Å²) in [5.41, 5.74) is 9.54. The zero-order chi connectivity index (χ0) is 14.3. The minimum Gasteiger partial charge on any atom is -0.399 e. The van der Waals surface area contributed by atoms with Crippen molar-refractivity contribution in [3.8, 4) is 11.8 Å². The summed E-state index contributed by atoms with van der Waals surface area (Å²) in [5, 5.41) is 9.42. The fourth-order valence-electron chi connectivity index (χ4n) is 2.28. The molecule has 20 heavy (non-hydrogen) atoms. The van der Waals surface area contributed by atoms with Gasteiger partial charge in [-0.25, -0.2) is 4.98 Å². The maximum Gasteiger partial charge on any atom is 0.111 e. The molecule has 0 amide bonds. The van der Waals surface area contributed by atoms with E-state index in [4.69, 9.17) is 22.6 Å². The number of benzene rings is 2. The predicted octanol–water partition coefficient (Wildman–Crippen LogP) is 3.44. The normalized spacial score (nSPS) is 10.7. The lowest BCUT2D eigenvalue weighted by molar-refractivity contribution is 1.00. The van der Waals surface area contributed by atoms with Crippen molar-refractivity contribution in [2.24, 2.45) is 0 Å². The van der Waals surface area contributed by atoms with Crippen LogP contribution in [0.15, 0.2) is 36.4 Å². The number of rotatable bonds is 1. The highest BCUT2D eigenvalue weighted by Crippen LogP contribution is 2.28. The Balaban J connectivity index is 2.30. The molecule has 0 spiro atoms. The SMILES string of the molecule is Cc1nc2cc(N)ccc2n1-c1ccc(C#N)cc1Cl. The quantitative estimate of drug-likeness (QED) is 0.695. The number of nitrogens with zero attached hydrogens (tertiary/aromatic N) is 3. The van der Waals surface area contributed by atoms with E-state index in [0.717, 1.165) is 22.5 Å². The maximum absolute atomic E-state index is 8.90. The standard InChI is InChI=1S/C15H11ClN4/c1-9-19-13-7-11(18)3-5-15(13)20(9)14-4-2-10(8-17)6-12(14)16/h2-7H,18H2,1H3. The Morgan fingerprint density at radius 1 is 1.25 bits per heavy atom. The highest BCUT2D eigenvalue weighted by molar-refractivity contribution is 6.32. The first-order valence-corrected chi connectivity index (χ1v) is 6.42. The summed E-state index contributed by atoms with van der Waals surface area (Å²) in [6.07, 6.45) is 0. The molecule has 0 aliphatic heterocycles. The van der Waals surface area contributed by atoms with Gasteiger partial charge >= 0.3 is 0 Å². The summed E-state index contributed by atoms with van der Waals surface area (Å²) in [5.74, 6) is 0.817. The molecule has 98 valence electrons. The minimum atomic E-state index is 0.517. The summed E-state index contributed by atoms with van der Waals surface area (Å²) in [6.45, 7) is 1.91. The van der Waals surface area contributed by atoms with Crippen LogP contribution in [0, 0.1) is 18.3 Å². The van der Waals surface area contributed by atoms with Crippen LogP contribution in [0.1, 0.15) is 11.4 Å². The van der Waals surface area contributed by atoms with Crippen LogP contribution in [0.4, 0.5) is 5.69 Å². The average Bonchev–Trinajstić information content (AvgIpc) is 2.73. The summed E-state index contributed by atoms with van der Waals surface area (Å²) in [7, 11) is 0. The third kappa shape index (κ3) is 1.89. The zero-order valence-corrected chi connectivity index (χ0v) is 11.5. The molecule has 2 N–H and O–H groups in total. The van der Waals surface area contributed by atoms with Crippen LogP contribution in [0.25, 0.3) is 16.7 Å². The summed E-state index contributed by atoms with van der Waals surface area (Å²) in [6, 6.07) is 12.9. The van der Waals surface area contributed by atoms with Crippen molar-refractivity contribution in [3.63, 3.8) is 0 Å². The van der Waals surface area contributed by atoms with Crippen LogP contribution in [-0.2, 0) is 0 Å². The van der Waals surface area contributed by atoms with Crippen molar-refractivity contribution in [2.45, 2.75) is 6.92 Å². The van der Waals surface area contributed by atoms with E-state index >= 15 is 0 Å². The van der Waals surface area contributed by atoms with Crippen LogP contribution in [-0.4, -0.2) is 9.55 Å². The third-order valence-corrected chi connectivity index (χ3v) is 3.47. The van der Waals surface area contributed by atoms with Crippen molar-refractivity contribution >= 4 is 28.3 Å². The largest absolute Gasteiger partial charge is 0.399 e. The maximum atomic E-state index is 8.90. The van der Waals surface area contributed by atoms with Gasteiger partial charge in [-0.15, -0.1) is 0 Å². The van der Waals surface area contributed by atoms with Gasteiger partial charge in [-0.05, 0) is 43.3 Å². The van der Waals surface area contributed by atoms with Gasteiger partial charge < -0.3 is 5.73 Å². The van der Waals surface area contributed by atoms with Crippen molar-refractivity contribution in [1.29, 1.82) is 5.26 Å². The number of hydrogen-bond donors (Lipinski definition) is 1. The van der Waals surface area contributed by atoms with Crippen LogP contribution >= 0.6 is 11.6 Å². The number of aryl methyl sites for hydroxylation is 1. The lowest BCUT2D eigenvalue weighted by atomic mass is 10.2. The second-order valence-electron chi connectivity index (χ2n) is 4.52. The van der Waals surface area contributed by atoms with Gasteiger partial charge in [0.25, 0.3) is 0 Å². The van der Waals surface area contributed by atoms with Crippen molar-refractivity contribution in [1.82, 2.24) is 9.55 Å². The smallest absolute Gasteiger partial charge is 0.111 e. The molecule has 0 unspecified atom stereocenters. The number of nitriles is 1. The monoisotopic (exact) mass is 282 g/mol. The Morgan fingerprint density at radius 3 is 2.75 bits per heavy atom. The molecule has 1 aromatic heterocycles. The third-order valence-electron chi connectivity index (χ3n) is 3.16. The van der Waals surface area contributed by atoms with Gasteiger partial charge in [0.2, 0.25) is 0 Å². The average molecular weight is 283 g/mol. The Labute approximate surface area is 121 Å². The molecule has 0 radical (unpaired) electrons. The van der Waals surface area contributed by atoms with E-state index < -0.39 is 0 Å². The zero-order valence-electron chi connectivity index (χ0n) is 10.8. The predicted molar refractivity (Wildman–Crippen MR) is 79.9 cm³/mol. The first-order valence-electron chi connectivity index (χ1n) is 6.05. The van der Waals surface area contributed by atoms with Crippen molar-refractivity contribution < 1.29 is 0 Å². The highest BCUT2D eigenvalue weighted by atomic mass is 35.5. The lowest BCUT2D eigenvalue weighted by Crippen LogP contribution is -1.98. The number of aromatic nitrogens is 2. The van der Waals surface area contributed by atoms with E-state index in [-0.39, 0.29) is 0 Å². The molecule has 0 fully saturated rings. The molecule has 0 bridgehead atoms. The first kappa shape index (κ1) is 12.5. The fourth-order valence-corrected chi connectivity index (χ4v) is 2.54. The van der Waals surface area contributed by atoms with Crippen LogP contribution < -0.4 is 5.73 Å². The van der Waals surface area contributed by atoms with E-state index in [9.17, 15) is 0 Å². The molecular formula is C15H11ClN4. The van der Waals surface area contributed by atoms with E-state index in [1.54, 1.807) is 12.1 Å². The van der Waals surface area contributed by atoms with Crippen LogP contribution in [0.3, 0.4) is 0 Å². The summed E-state index contributed by atoms with van der Waals surface area (Å²) in [4.78, 5) is 4.49. The minimum absolute atomic E-state index is 0.517. The molecule has 0 aliphatic carbocycles. The molecule has 2 aromatic carbocycles. The fraction of sp³-hybridized carbons (Fsp3) is 0.0667. The van der Waals surface area contributed by atoms with Gasteiger partial charge in [0.15, 0.2) is 0 Å². The molecule has 5 heteroatoms. The van der Waals surface area contributed by atoms with Crippen molar-refractivity contribution in [3.05, 3.63) is 52.8 Å². The van der Waals surface area contributed by atoms with Gasteiger partial charge in [0, 0.05) is 5.69 Å². The molecular weight excluding hydrogens is 272 g/mol. The Hall–Kier alpha value is -2.51. The van der Waals surface area contributed by atoms with E-state index in [1.807, 2.05) is 35.8 Å². The number of imidazole rings is 1. The number of halogens is 1. The molecule has 0 aliphatic rings. The molecule has 0 saturated heterocycles. The molecule has 4 nitrogen and oxygen atoms in total. The second kappa shape index (κ2) is 4.55. The van der Waals surface area contributed by atoms with Crippen molar-refractivity contribution in [2.75, 3.05) is 5.73 Å². The summed E-state index contributed by atoms with van der Waals surface area (Å²) >= 11 is 6.28. The van der Waals surface area contributed by atoms with Gasteiger partial charge in [-0.3, -0.25) is 4.57 Å². The van der Waals surface area contributed by atoms with E-state index in [1.165, 1.54) is 0 Å². The van der Waals surface area contributed by atoms with Gasteiger partial charge in [0.1, 0.15) is 5.82 Å². The lowest BCUT2D eigenvalue weighted by Gasteiger charge is -2.09. The Morgan fingerprint density at radius 2 is 2.05 bits per heavy atom.